The standard InChI is InChI=1S/C48H90O6/c1-4-7-10-13-16-19-22-24-25-27-29-32-35-38-41-47(50)53-44-45(43-52-46(49)40-37-34-31-28-21-18-15-12-9-6-3)54-48(51)42-39-36-33-30-26-23-20-17-14-11-8-5-2/h17,20,45H,4-16,18-19,21-44H2,1-3H3/b20-17-. The second-order valence-electron chi connectivity index (χ2n) is 16.0. The molecule has 0 aromatic carbocycles. The number of carbonyl (C=O) groups is 3. The maximum absolute atomic E-state index is 12.7. The van der Waals surface area contributed by atoms with E-state index in [0.29, 0.717) is 19.3 Å². The Balaban J connectivity index is 4.33. The minimum atomic E-state index is -0.765. The Bertz CT molecular complexity index is 839. The molecule has 0 N–H and O–H groups in total. The van der Waals surface area contributed by atoms with Gasteiger partial charge in [-0.1, -0.05) is 206 Å². The molecule has 6 heteroatoms. The highest BCUT2D eigenvalue weighted by Crippen LogP contribution is 2.15. The lowest BCUT2D eigenvalue weighted by Crippen LogP contribution is -2.30. The molecule has 0 heterocycles. The van der Waals surface area contributed by atoms with Gasteiger partial charge in [0.1, 0.15) is 13.2 Å². The van der Waals surface area contributed by atoms with Gasteiger partial charge < -0.3 is 14.2 Å². The van der Waals surface area contributed by atoms with Crippen LogP contribution in [0, 0.1) is 0 Å². The van der Waals surface area contributed by atoms with E-state index in [1.54, 1.807) is 0 Å². The second kappa shape index (κ2) is 43.9. The van der Waals surface area contributed by atoms with Crippen molar-refractivity contribution in [2.24, 2.45) is 0 Å². The van der Waals surface area contributed by atoms with Crippen molar-refractivity contribution in [1.29, 1.82) is 0 Å². The SMILES string of the molecule is CCCCC/C=C\CCCCCCCC(=O)OC(COC(=O)CCCCCCCCCCCC)COC(=O)CCCCCCCCCCCCCCCC. The normalized spacial score (nSPS) is 12.0. The molecule has 0 aromatic heterocycles. The Morgan fingerprint density at radius 2 is 0.611 bits per heavy atom. The molecule has 6 nitrogen and oxygen atoms in total. The molecule has 0 aliphatic carbocycles. The summed E-state index contributed by atoms with van der Waals surface area (Å²) in [5.74, 6) is -0.869. The first-order valence-corrected chi connectivity index (χ1v) is 23.7. The average Bonchev–Trinajstić information content (AvgIpc) is 3.17. The van der Waals surface area contributed by atoms with Crippen molar-refractivity contribution in [3.05, 3.63) is 12.2 Å². The summed E-state index contributed by atoms with van der Waals surface area (Å²) >= 11 is 0. The Labute approximate surface area is 335 Å². The number of hydrogen-bond acceptors (Lipinski definition) is 6. The van der Waals surface area contributed by atoms with Crippen LogP contribution in [0.5, 0.6) is 0 Å². The maximum Gasteiger partial charge on any atom is 0.306 e. The molecule has 318 valence electrons. The minimum absolute atomic E-state index is 0.0688. The summed E-state index contributed by atoms with van der Waals surface area (Å²) in [5.41, 5.74) is 0. The Morgan fingerprint density at radius 1 is 0.352 bits per heavy atom. The van der Waals surface area contributed by atoms with Crippen molar-refractivity contribution >= 4 is 17.9 Å². The van der Waals surface area contributed by atoms with E-state index >= 15 is 0 Å². The number of carbonyl (C=O) groups excluding carboxylic acids is 3. The first kappa shape index (κ1) is 52.2. The third kappa shape index (κ3) is 41.3. The molecule has 0 amide bonds. The van der Waals surface area contributed by atoms with E-state index in [1.807, 2.05) is 0 Å². The summed E-state index contributed by atoms with van der Waals surface area (Å²) in [6.07, 6.45) is 46.2. The molecule has 0 aliphatic rings. The van der Waals surface area contributed by atoms with Crippen molar-refractivity contribution in [1.82, 2.24) is 0 Å². The lowest BCUT2D eigenvalue weighted by atomic mass is 10.0. The summed E-state index contributed by atoms with van der Waals surface area (Å²) in [6.45, 7) is 6.61. The highest BCUT2D eigenvalue weighted by Gasteiger charge is 2.19. The molecular formula is C48H90O6. The van der Waals surface area contributed by atoms with E-state index in [0.717, 1.165) is 64.2 Å². The van der Waals surface area contributed by atoms with Crippen LogP contribution in [0.4, 0.5) is 0 Å². The molecule has 0 radical (unpaired) electrons. The van der Waals surface area contributed by atoms with E-state index in [1.165, 1.54) is 154 Å². The van der Waals surface area contributed by atoms with Gasteiger partial charge >= 0.3 is 17.9 Å². The van der Waals surface area contributed by atoms with Gasteiger partial charge in [-0.3, -0.25) is 14.4 Å². The molecule has 0 saturated heterocycles. The molecule has 0 fully saturated rings. The quantitative estimate of drug-likeness (QED) is 0.0266. The largest absolute Gasteiger partial charge is 0.462 e. The topological polar surface area (TPSA) is 78.9 Å². The Hall–Kier alpha value is -1.85. The van der Waals surface area contributed by atoms with Crippen molar-refractivity contribution in [2.45, 2.75) is 264 Å². The molecule has 0 bridgehead atoms. The zero-order chi connectivity index (χ0) is 39.4. The van der Waals surface area contributed by atoms with Gasteiger partial charge in [-0.05, 0) is 44.9 Å². The van der Waals surface area contributed by atoms with Crippen LogP contribution in [0.1, 0.15) is 258 Å². The summed E-state index contributed by atoms with van der Waals surface area (Å²) < 4.78 is 16.7. The second-order valence-corrected chi connectivity index (χ2v) is 16.0. The van der Waals surface area contributed by atoms with Crippen molar-refractivity contribution < 1.29 is 28.6 Å². The highest BCUT2D eigenvalue weighted by atomic mass is 16.6. The van der Waals surface area contributed by atoms with Crippen LogP contribution < -0.4 is 0 Å². The predicted octanol–water partition coefficient (Wildman–Crippen LogP) is 15.0. The fourth-order valence-corrected chi connectivity index (χ4v) is 6.91. The molecule has 0 saturated carbocycles. The van der Waals surface area contributed by atoms with Crippen molar-refractivity contribution in [3.8, 4) is 0 Å². The van der Waals surface area contributed by atoms with Crippen LogP contribution in [0.3, 0.4) is 0 Å². The van der Waals surface area contributed by atoms with Gasteiger partial charge in [0, 0.05) is 19.3 Å². The lowest BCUT2D eigenvalue weighted by Gasteiger charge is -2.18. The van der Waals surface area contributed by atoms with Crippen LogP contribution in [0.15, 0.2) is 12.2 Å². The summed E-state index contributed by atoms with van der Waals surface area (Å²) in [5, 5.41) is 0. The fraction of sp³-hybridized carbons (Fsp3) is 0.896. The average molecular weight is 763 g/mol. The monoisotopic (exact) mass is 763 g/mol. The summed E-state index contributed by atoms with van der Waals surface area (Å²) in [4.78, 5) is 37.7. The predicted molar refractivity (Wildman–Crippen MR) is 229 cm³/mol. The number of esters is 3. The summed E-state index contributed by atoms with van der Waals surface area (Å²) in [7, 11) is 0. The first-order chi connectivity index (χ1) is 26.5. The molecule has 0 rings (SSSR count). The molecule has 0 spiro atoms. The van der Waals surface area contributed by atoms with Gasteiger partial charge in [-0.2, -0.15) is 0 Å². The smallest absolute Gasteiger partial charge is 0.306 e. The molecule has 1 atom stereocenters. The fourth-order valence-electron chi connectivity index (χ4n) is 6.91. The van der Waals surface area contributed by atoms with Crippen LogP contribution in [-0.4, -0.2) is 37.2 Å². The van der Waals surface area contributed by atoms with E-state index in [4.69, 9.17) is 14.2 Å². The van der Waals surface area contributed by atoms with Crippen LogP contribution in [-0.2, 0) is 28.6 Å². The molecule has 1 unspecified atom stereocenters. The molecule has 0 aromatic rings. The molecule has 0 aliphatic heterocycles. The lowest BCUT2D eigenvalue weighted by molar-refractivity contribution is -0.167. The third-order valence-electron chi connectivity index (χ3n) is 10.5. The third-order valence-corrected chi connectivity index (χ3v) is 10.5. The number of ether oxygens (including phenoxy) is 3. The van der Waals surface area contributed by atoms with Crippen LogP contribution in [0.2, 0.25) is 0 Å². The number of unbranched alkanes of at least 4 members (excludes halogenated alkanes) is 30. The van der Waals surface area contributed by atoms with Crippen LogP contribution >= 0.6 is 0 Å². The van der Waals surface area contributed by atoms with E-state index in [9.17, 15) is 14.4 Å². The van der Waals surface area contributed by atoms with Gasteiger partial charge in [0.2, 0.25) is 0 Å². The number of rotatable bonds is 43. The van der Waals surface area contributed by atoms with Crippen LogP contribution in [0.25, 0.3) is 0 Å². The molecule has 54 heavy (non-hydrogen) atoms. The highest BCUT2D eigenvalue weighted by molar-refractivity contribution is 5.71. The number of hydrogen-bond donors (Lipinski definition) is 0. The zero-order valence-electron chi connectivity index (χ0n) is 36.3. The minimum Gasteiger partial charge on any atom is -0.462 e. The number of allylic oxidation sites excluding steroid dienone is 2. The van der Waals surface area contributed by atoms with Gasteiger partial charge in [0.05, 0.1) is 0 Å². The van der Waals surface area contributed by atoms with E-state index in [2.05, 4.69) is 32.9 Å². The van der Waals surface area contributed by atoms with Crippen molar-refractivity contribution in [2.75, 3.05) is 13.2 Å². The maximum atomic E-state index is 12.7. The van der Waals surface area contributed by atoms with Gasteiger partial charge in [-0.25, -0.2) is 0 Å². The van der Waals surface area contributed by atoms with Crippen molar-refractivity contribution in [3.63, 3.8) is 0 Å². The van der Waals surface area contributed by atoms with Gasteiger partial charge in [0.25, 0.3) is 0 Å². The van der Waals surface area contributed by atoms with Gasteiger partial charge in [-0.15, -0.1) is 0 Å². The first-order valence-electron chi connectivity index (χ1n) is 23.7. The van der Waals surface area contributed by atoms with E-state index in [-0.39, 0.29) is 31.1 Å². The Morgan fingerprint density at radius 3 is 0.963 bits per heavy atom. The zero-order valence-corrected chi connectivity index (χ0v) is 36.3. The van der Waals surface area contributed by atoms with E-state index < -0.39 is 6.10 Å². The summed E-state index contributed by atoms with van der Waals surface area (Å²) in [6, 6.07) is 0. The van der Waals surface area contributed by atoms with Gasteiger partial charge in [0.15, 0.2) is 6.10 Å². The molecular weight excluding hydrogens is 673 g/mol. The Kier molecular flexibility index (Phi) is 42.4.